The van der Waals surface area contributed by atoms with E-state index in [4.69, 9.17) is 4.74 Å². The summed E-state index contributed by atoms with van der Waals surface area (Å²) < 4.78 is 5.35. The van der Waals surface area contributed by atoms with Crippen LogP contribution in [0.2, 0.25) is 0 Å². The van der Waals surface area contributed by atoms with Crippen LogP contribution in [0.5, 0.6) is 5.75 Å². The quantitative estimate of drug-likeness (QED) is 0.395. The van der Waals surface area contributed by atoms with Gasteiger partial charge in [0.1, 0.15) is 5.75 Å². The topological polar surface area (TPSA) is 47.1 Å². The number of hydrogen-bond acceptors (Lipinski definition) is 1. The first-order valence-electron chi connectivity index (χ1n) is 8.49. The van der Waals surface area contributed by atoms with Crippen LogP contribution in [0.25, 0.3) is 22.2 Å². The van der Waals surface area contributed by atoms with Crippen molar-refractivity contribution in [3.8, 4) is 16.9 Å². The number of nitrogens with one attached hydrogen (secondary N) is 1. The van der Waals surface area contributed by atoms with E-state index in [1.807, 2.05) is 48.5 Å². The first-order chi connectivity index (χ1) is 12.6. The summed E-state index contributed by atoms with van der Waals surface area (Å²) in [6.07, 6.45) is 0. The third-order valence-electron chi connectivity index (χ3n) is 4.58. The van der Waals surface area contributed by atoms with Gasteiger partial charge in [-0.15, -0.1) is 9.24 Å². The molecule has 5 heteroatoms. The van der Waals surface area contributed by atoms with E-state index in [0.29, 0.717) is 6.54 Å². The summed E-state index contributed by atoms with van der Waals surface area (Å²) in [4.78, 5) is 0. The third kappa shape index (κ3) is 4.68. The Labute approximate surface area is 178 Å². The number of ether oxygens (including phenoxy) is 1. The van der Waals surface area contributed by atoms with Crippen LogP contribution in [-0.2, 0) is 26.6 Å². The number of benzene rings is 3. The molecule has 2 unspecified atom stereocenters. The second-order valence-corrected chi connectivity index (χ2v) is 6.90. The minimum absolute atomic E-state index is 0. The van der Waals surface area contributed by atoms with E-state index in [9.17, 15) is 5.73 Å². The number of likely N-dealkylation sites (N-methyl/N-ethyl adjacent to an activating group) is 1. The zero-order valence-electron chi connectivity index (χ0n) is 15.5. The Balaban J connectivity index is 0.00000261. The van der Waals surface area contributed by atoms with E-state index >= 15 is 0 Å². The van der Waals surface area contributed by atoms with Gasteiger partial charge >= 0.3 is 21.1 Å². The second kappa shape index (κ2) is 9.62. The van der Waals surface area contributed by atoms with Gasteiger partial charge in [-0.1, -0.05) is 77.3 Å². The average Bonchev–Trinajstić information content (AvgIpc) is 2.69. The smallest absolute Gasteiger partial charge is 0.666 e. The Hall–Kier alpha value is -1.50. The fourth-order valence-electron chi connectivity index (χ4n) is 3.20. The predicted octanol–water partition coefficient (Wildman–Crippen LogP) is 5.16. The molecule has 1 N–H and O–H groups in total. The summed E-state index contributed by atoms with van der Waals surface area (Å²) >= 11 is 0. The van der Waals surface area contributed by atoms with E-state index in [1.165, 1.54) is 0 Å². The van der Waals surface area contributed by atoms with Crippen molar-refractivity contribution in [3.63, 3.8) is 0 Å². The third-order valence-corrected chi connectivity index (χ3v) is 5.08. The molecule has 2 atom stereocenters. The number of nitrogens with zero attached hydrogens (tertiary/aromatic N) is 1. The maximum Gasteiger partial charge on any atom is 2.00 e. The molecule has 0 saturated heterocycles. The first kappa shape index (κ1) is 21.8. The minimum Gasteiger partial charge on any atom is -0.666 e. The summed E-state index contributed by atoms with van der Waals surface area (Å²) in [6.45, 7) is 0.403. The van der Waals surface area contributed by atoms with E-state index < -0.39 is 5.54 Å². The van der Waals surface area contributed by atoms with Gasteiger partial charge < -0.3 is 15.8 Å². The fourth-order valence-corrected chi connectivity index (χ4v) is 3.63. The molecule has 0 aliphatic rings. The van der Waals surface area contributed by atoms with Crippen molar-refractivity contribution in [1.29, 1.82) is 0 Å². The molecule has 0 heterocycles. The normalized spacial score (nSPS) is 12.7. The van der Waals surface area contributed by atoms with Crippen molar-refractivity contribution in [2.45, 2.75) is 5.54 Å². The van der Waals surface area contributed by atoms with Crippen LogP contribution in [0.1, 0.15) is 11.1 Å². The summed E-state index contributed by atoms with van der Waals surface area (Å²) in [5.74, 6) is 0.822. The van der Waals surface area contributed by atoms with E-state index in [-0.39, 0.29) is 21.1 Å². The maximum atomic E-state index is 9.25. The first-order valence-corrected chi connectivity index (χ1v) is 9.07. The van der Waals surface area contributed by atoms with E-state index in [1.54, 1.807) is 14.2 Å². The van der Waals surface area contributed by atoms with Gasteiger partial charge in [0.25, 0.3) is 0 Å². The molecule has 0 aliphatic carbocycles. The molecule has 0 aliphatic heterocycles. The maximum absolute atomic E-state index is 9.25. The zero-order chi connectivity index (χ0) is 18.6. The van der Waals surface area contributed by atoms with Crippen LogP contribution in [0.15, 0.2) is 72.8 Å². The summed E-state index contributed by atoms with van der Waals surface area (Å²) in [5.41, 5.74) is 12.3. The molecular formula is C22H23N2OPW. The SMILES string of the molecule is C[N-]CC([NH-])(c1ccccc1)c1cc(-c2cccc(OC)c2)ccc1P.[W+2]. The van der Waals surface area contributed by atoms with Gasteiger partial charge in [0.15, 0.2) is 0 Å². The Morgan fingerprint density at radius 2 is 1.67 bits per heavy atom. The molecule has 0 aromatic heterocycles. The van der Waals surface area contributed by atoms with Gasteiger partial charge in [-0.25, -0.2) is 0 Å². The summed E-state index contributed by atoms with van der Waals surface area (Å²) in [6, 6.07) is 24.1. The molecule has 3 nitrogen and oxygen atoms in total. The van der Waals surface area contributed by atoms with Crippen molar-refractivity contribution < 1.29 is 25.8 Å². The molecular weight excluding hydrogens is 523 g/mol. The Bertz CT molecular complexity index is 888. The van der Waals surface area contributed by atoms with E-state index in [0.717, 1.165) is 33.3 Å². The number of rotatable bonds is 6. The molecule has 0 radical (unpaired) electrons. The van der Waals surface area contributed by atoms with Crippen LogP contribution in [0.4, 0.5) is 0 Å². The molecule has 0 saturated carbocycles. The van der Waals surface area contributed by atoms with Crippen molar-refractivity contribution in [3.05, 3.63) is 95.0 Å². The van der Waals surface area contributed by atoms with Crippen molar-refractivity contribution in [2.24, 2.45) is 0 Å². The molecule has 3 aromatic carbocycles. The van der Waals surface area contributed by atoms with Gasteiger partial charge in [-0.2, -0.15) is 13.6 Å². The molecule has 27 heavy (non-hydrogen) atoms. The van der Waals surface area contributed by atoms with Gasteiger partial charge in [0, 0.05) is 0 Å². The summed E-state index contributed by atoms with van der Waals surface area (Å²) in [7, 11) is 6.20. The van der Waals surface area contributed by atoms with Gasteiger partial charge in [0.05, 0.1) is 7.11 Å². The average molecular weight is 546 g/mol. The van der Waals surface area contributed by atoms with Crippen LogP contribution in [0.3, 0.4) is 0 Å². The van der Waals surface area contributed by atoms with Crippen LogP contribution in [0, 0.1) is 0 Å². The summed E-state index contributed by atoms with van der Waals surface area (Å²) in [5, 5.41) is 5.33. The monoisotopic (exact) mass is 546 g/mol. The number of methoxy groups -OCH3 is 1. The largest absolute Gasteiger partial charge is 2.00 e. The van der Waals surface area contributed by atoms with Crippen molar-refractivity contribution in [1.82, 2.24) is 0 Å². The molecule has 0 fully saturated rings. The zero-order valence-corrected chi connectivity index (χ0v) is 19.6. The van der Waals surface area contributed by atoms with Crippen molar-refractivity contribution in [2.75, 3.05) is 20.7 Å². The molecule has 138 valence electrons. The molecule has 0 bridgehead atoms. The van der Waals surface area contributed by atoms with Crippen molar-refractivity contribution >= 4 is 14.5 Å². The minimum atomic E-state index is -0.929. The second-order valence-electron chi connectivity index (χ2n) is 6.28. The van der Waals surface area contributed by atoms with Gasteiger partial charge in [-0.05, 0) is 28.6 Å². The fraction of sp³-hybridized carbons (Fsp3) is 0.182. The van der Waals surface area contributed by atoms with E-state index in [2.05, 4.69) is 38.8 Å². The molecule has 3 aromatic rings. The Kier molecular flexibility index (Phi) is 7.77. The molecule has 0 spiro atoms. The molecule has 3 rings (SSSR count). The van der Waals surface area contributed by atoms with Gasteiger partial charge in [0.2, 0.25) is 0 Å². The number of hydrogen-bond donors (Lipinski definition) is 0. The predicted molar refractivity (Wildman–Crippen MR) is 113 cm³/mol. The Morgan fingerprint density at radius 1 is 0.963 bits per heavy atom. The Morgan fingerprint density at radius 3 is 2.33 bits per heavy atom. The van der Waals surface area contributed by atoms with Crippen LogP contribution in [-0.4, -0.2) is 20.7 Å². The van der Waals surface area contributed by atoms with Crippen LogP contribution < -0.4 is 10.0 Å². The standard InChI is InChI=1S/C22H23N2OP.W/c1-24-15-22(23,18-8-4-3-5-9-18)20-14-17(11-12-21(20)26)16-7-6-10-19(13-16)25-2;/h3-14,23H,15,26H2,1-2H3;/q-2;+2. The van der Waals surface area contributed by atoms with Gasteiger partial charge in [-0.3, -0.25) is 0 Å². The molecule has 0 amide bonds. The van der Waals surface area contributed by atoms with Crippen LogP contribution >= 0.6 is 9.24 Å².